The summed E-state index contributed by atoms with van der Waals surface area (Å²) in [5, 5.41) is 0. The van der Waals surface area contributed by atoms with Crippen molar-refractivity contribution in [2.75, 3.05) is 5.73 Å². The van der Waals surface area contributed by atoms with Crippen LogP contribution in [0.25, 0.3) is 11.3 Å². The lowest BCUT2D eigenvalue weighted by Gasteiger charge is -2.08. The first-order valence-electron chi connectivity index (χ1n) is 7.51. The van der Waals surface area contributed by atoms with E-state index in [0.717, 1.165) is 23.0 Å². The topological polar surface area (TPSA) is 43.8 Å². The molecule has 1 heterocycles. The fourth-order valence-corrected chi connectivity index (χ4v) is 2.75. The van der Waals surface area contributed by atoms with Crippen molar-refractivity contribution in [3.63, 3.8) is 0 Å². The van der Waals surface area contributed by atoms with E-state index in [1.54, 1.807) is 0 Å². The number of nitrogens with two attached hydrogens (primary N) is 1. The van der Waals surface area contributed by atoms with Crippen LogP contribution < -0.4 is 5.73 Å². The number of anilines is 1. The number of aromatic nitrogens is 2. The van der Waals surface area contributed by atoms with Gasteiger partial charge in [-0.25, -0.2) is 4.98 Å². The largest absolute Gasteiger partial charge is 0.383 e. The molecule has 0 amide bonds. The van der Waals surface area contributed by atoms with Crippen LogP contribution in [0.15, 0.2) is 24.3 Å². The van der Waals surface area contributed by atoms with Crippen molar-refractivity contribution in [1.29, 1.82) is 0 Å². The Morgan fingerprint density at radius 2 is 2.19 bits per heavy atom. The van der Waals surface area contributed by atoms with Crippen molar-refractivity contribution < 1.29 is 0 Å². The third kappa shape index (κ3) is 2.54. The number of nitrogen functional groups attached to an aromatic ring is 1. The SMILES string of the molecule is C#CCn1c(C(C)C)nc(-c2cccc(C3CC3)c2)c1N. The summed E-state index contributed by atoms with van der Waals surface area (Å²) < 4.78 is 1.95. The van der Waals surface area contributed by atoms with Crippen molar-refractivity contribution in [1.82, 2.24) is 9.55 Å². The van der Waals surface area contributed by atoms with Crippen LogP contribution in [0.3, 0.4) is 0 Å². The maximum Gasteiger partial charge on any atom is 0.132 e. The fourth-order valence-electron chi connectivity index (χ4n) is 2.75. The van der Waals surface area contributed by atoms with E-state index in [-0.39, 0.29) is 0 Å². The van der Waals surface area contributed by atoms with Gasteiger partial charge in [0.2, 0.25) is 0 Å². The summed E-state index contributed by atoms with van der Waals surface area (Å²) in [5.41, 5.74) is 9.65. The molecule has 108 valence electrons. The summed E-state index contributed by atoms with van der Waals surface area (Å²) in [4.78, 5) is 4.76. The number of hydrogen-bond donors (Lipinski definition) is 1. The molecule has 1 saturated carbocycles. The van der Waals surface area contributed by atoms with Crippen molar-refractivity contribution in [2.45, 2.75) is 45.1 Å². The van der Waals surface area contributed by atoms with Crippen LogP contribution in [-0.2, 0) is 6.54 Å². The molecule has 0 radical (unpaired) electrons. The lowest BCUT2D eigenvalue weighted by Crippen LogP contribution is -2.07. The smallest absolute Gasteiger partial charge is 0.132 e. The van der Waals surface area contributed by atoms with Crippen LogP contribution in [0.4, 0.5) is 5.82 Å². The Kier molecular flexibility index (Phi) is 3.47. The summed E-state index contributed by atoms with van der Waals surface area (Å²) in [6.45, 7) is 4.69. The molecular formula is C18H21N3. The lowest BCUT2D eigenvalue weighted by molar-refractivity contribution is 0.691. The first-order valence-corrected chi connectivity index (χ1v) is 7.51. The molecule has 0 bridgehead atoms. The molecule has 2 aromatic rings. The first-order chi connectivity index (χ1) is 10.1. The molecule has 1 aliphatic rings. The van der Waals surface area contributed by atoms with Crippen LogP contribution in [0, 0.1) is 12.3 Å². The molecule has 0 saturated heterocycles. The number of benzene rings is 1. The van der Waals surface area contributed by atoms with E-state index < -0.39 is 0 Å². The standard InChI is InChI=1S/C18H21N3/c1-4-10-21-17(19)16(20-18(21)12(2)3)15-7-5-6-14(11-15)13-8-9-13/h1,5-7,11-13H,8-10,19H2,2-3H3. The van der Waals surface area contributed by atoms with Crippen molar-refractivity contribution in [3.05, 3.63) is 35.7 Å². The Hall–Kier alpha value is -2.21. The molecule has 0 aliphatic heterocycles. The second kappa shape index (κ2) is 5.29. The quantitative estimate of drug-likeness (QED) is 0.866. The van der Waals surface area contributed by atoms with Crippen molar-refractivity contribution in [2.24, 2.45) is 0 Å². The highest BCUT2D eigenvalue weighted by molar-refractivity contribution is 5.72. The average molecular weight is 279 g/mol. The van der Waals surface area contributed by atoms with Crippen LogP contribution >= 0.6 is 0 Å². The molecule has 0 unspecified atom stereocenters. The zero-order chi connectivity index (χ0) is 15.0. The van der Waals surface area contributed by atoms with Gasteiger partial charge in [0, 0.05) is 11.5 Å². The monoisotopic (exact) mass is 279 g/mol. The molecule has 0 atom stereocenters. The maximum atomic E-state index is 6.31. The maximum absolute atomic E-state index is 6.31. The van der Waals surface area contributed by atoms with E-state index in [1.165, 1.54) is 18.4 Å². The molecular weight excluding hydrogens is 258 g/mol. The predicted molar refractivity (Wildman–Crippen MR) is 87.0 cm³/mol. The molecule has 1 aromatic heterocycles. The van der Waals surface area contributed by atoms with E-state index in [9.17, 15) is 0 Å². The van der Waals surface area contributed by atoms with Crippen LogP contribution in [0.2, 0.25) is 0 Å². The normalized spacial score (nSPS) is 14.4. The third-order valence-electron chi connectivity index (χ3n) is 4.01. The second-order valence-electron chi connectivity index (χ2n) is 6.05. The van der Waals surface area contributed by atoms with Crippen LogP contribution in [-0.4, -0.2) is 9.55 Å². The molecule has 2 N–H and O–H groups in total. The molecule has 1 aromatic carbocycles. The minimum absolute atomic E-state index is 0.293. The van der Waals surface area contributed by atoms with Gasteiger partial charge < -0.3 is 10.3 Å². The van der Waals surface area contributed by atoms with Crippen molar-refractivity contribution in [3.8, 4) is 23.6 Å². The summed E-state index contributed by atoms with van der Waals surface area (Å²) in [6.07, 6.45) is 8.05. The van der Waals surface area contributed by atoms with Gasteiger partial charge in [-0.3, -0.25) is 0 Å². The Morgan fingerprint density at radius 3 is 2.81 bits per heavy atom. The molecule has 1 aliphatic carbocycles. The summed E-state index contributed by atoms with van der Waals surface area (Å²) >= 11 is 0. The summed E-state index contributed by atoms with van der Waals surface area (Å²) in [7, 11) is 0. The first kappa shape index (κ1) is 13.8. The van der Waals surface area contributed by atoms with Gasteiger partial charge >= 0.3 is 0 Å². The number of terminal acetylenes is 1. The number of rotatable bonds is 4. The molecule has 0 spiro atoms. The van der Waals surface area contributed by atoms with Gasteiger partial charge in [-0.05, 0) is 30.4 Å². The van der Waals surface area contributed by atoms with Gasteiger partial charge in [0.25, 0.3) is 0 Å². The highest BCUT2D eigenvalue weighted by Gasteiger charge is 2.24. The number of nitrogens with zero attached hydrogens (tertiary/aromatic N) is 2. The van der Waals surface area contributed by atoms with Crippen molar-refractivity contribution >= 4 is 5.82 Å². The Bertz CT molecular complexity index is 700. The van der Waals surface area contributed by atoms with Gasteiger partial charge in [-0.2, -0.15) is 0 Å². The Labute approximate surface area is 126 Å². The van der Waals surface area contributed by atoms with E-state index in [0.29, 0.717) is 18.3 Å². The van der Waals surface area contributed by atoms with Gasteiger partial charge in [-0.1, -0.05) is 38.0 Å². The van der Waals surface area contributed by atoms with Gasteiger partial charge in [0.05, 0.1) is 6.54 Å². The molecule has 21 heavy (non-hydrogen) atoms. The highest BCUT2D eigenvalue weighted by atomic mass is 15.1. The Balaban J connectivity index is 2.07. The van der Waals surface area contributed by atoms with Crippen LogP contribution in [0.1, 0.15) is 49.9 Å². The minimum Gasteiger partial charge on any atom is -0.383 e. The molecule has 3 nitrogen and oxygen atoms in total. The number of hydrogen-bond acceptors (Lipinski definition) is 2. The van der Waals surface area contributed by atoms with E-state index in [2.05, 4.69) is 44.0 Å². The second-order valence-corrected chi connectivity index (χ2v) is 6.05. The van der Waals surface area contributed by atoms with Crippen LogP contribution in [0.5, 0.6) is 0 Å². The van der Waals surface area contributed by atoms with E-state index in [1.807, 2.05) is 4.57 Å². The van der Waals surface area contributed by atoms with Gasteiger partial charge in [-0.15, -0.1) is 6.42 Å². The Morgan fingerprint density at radius 1 is 1.43 bits per heavy atom. The zero-order valence-electron chi connectivity index (χ0n) is 12.6. The molecule has 1 fully saturated rings. The zero-order valence-corrected chi connectivity index (χ0v) is 12.6. The van der Waals surface area contributed by atoms with Gasteiger partial charge in [0.15, 0.2) is 0 Å². The lowest BCUT2D eigenvalue weighted by atomic mass is 10.1. The molecule has 3 rings (SSSR count). The van der Waals surface area contributed by atoms with E-state index in [4.69, 9.17) is 17.1 Å². The summed E-state index contributed by atoms with van der Waals surface area (Å²) in [5.74, 6) is 5.31. The third-order valence-corrected chi connectivity index (χ3v) is 4.01. The van der Waals surface area contributed by atoms with Gasteiger partial charge in [0.1, 0.15) is 17.3 Å². The minimum atomic E-state index is 0.293. The predicted octanol–water partition coefficient (Wildman–Crippen LogP) is 3.77. The van der Waals surface area contributed by atoms with E-state index >= 15 is 0 Å². The molecule has 3 heteroatoms. The number of imidazole rings is 1. The summed E-state index contributed by atoms with van der Waals surface area (Å²) in [6, 6.07) is 8.59. The fraction of sp³-hybridized carbons (Fsp3) is 0.389. The average Bonchev–Trinajstić information content (AvgIpc) is 3.26. The highest BCUT2D eigenvalue weighted by Crippen LogP contribution is 2.41.